The maximum Gasteiger partial charge on any atom is 0.166 e. The highest BCUT2D eigenvalue weighted by Gasteiger charge is 2.38. The monoisotopic (exact) mass is 271 g/mol. The third-order valence-electron chi connectivity index (χ3n) is 4.28. The van der Waals surface area contributed by atoms with E-state index < -0.39 is 0 Å². The lowest BCUT2D eigenvalue weighted by Gasteiger charge is -2.26. The zero-order valence-corrected chi connectivity index (χ0v) is 11.9. The number of aryl methyl sites for hydroxylation is 1. The average molecular weight is 271 g/mol. The zero-order valence-electron chi connectivity index (χ0n) is 11.1. The molecule has 2 nitrogen and oxygen atoms in total. The van der Waals surface area contributed by atoms with Crippen LogP contribution < -0.4 is 0 Å². The number of fused-ring (bicyclic) bond motifs is 2. The van der Waals surface area contributed by atoms with Gasteiger partial charge in [-0.15, -0.1) is 0 Å². The lowest BCUT2D eigenvalue weighted by Crippen LogP contribution is -2.25. The summed E-state index contributed by atoms with van der Waals surface area (Å²) in [6, 6.07) is 7.53. The molecule has 0 aliphatic carbocycles. The van der Waals surface area contributed by atoms with E-state index in [1.807, 2.05) is 19.1 Å². The van der Waals surface area contributed by atoms with Crippen molar-refractivity contribution >= 4 is 17.5 Å². The number of carbonyl (C=O) groups excluding carboxylic acids is 1. The van der Waals surface area contributed by atoms with Gasteiger partial charge in [-0.2, -0.15) is 17.0 Å². The first-order valence-corrected chi connectivity index (χ1v) is 7.82. The molecule has 0 radical (unpaired) electrons. The van der Waals surface area contributed by atoms with E-state index >= 15 is 0 Å². The second-order valence-electron chi connectivity index (χ2n) is 5.63. The molecule has 2 saturated heterocycles. The number of hydrogen-bond donors (Lipinski definition) is 0. The first-order chi connectivity index (χ1) is 9.17. The molecular weight excluding hydrogens is 254 g/mol. The number of nitrogens with zero attached hydrogens (tertiary/aromatic N) is 1. The predicted octanol–water partition coefficient (Wildman–Crippen LogP) is 3.72. The molecule has 0 amide bonds. The Bertz CT molecular complexity index is 548. The van der Waals surface area contributed by atoms with E-state index in [4.69, 9.17) is 5.26 Å². The summed E-state index contributed by atoms with van der Waals surface area (Å²) in [5.74, 6) is 0.490. The van der Waals surface area contributed by atoms with Gasteiger partial charge in [0.1, 0.15) is 0 Å². The first kappa shape index (κ1) is 12.7. The topological polar surface area (TPSA) is 40.9 Å². The van der Waals surface area contributed by atoms with E-state index in [9.17, 15) is 4.79 Å². The Kier molecular flexibility index (Phi) is 3.36. The van der Waals surface area contributed by atoms with Crippen molar-refractivity contribution in [2.45, 2.75) is 43.1 Å². The number of rotatable bonds is 2. The molecule has 3 heteroatoms. The Labute approximate surface area is 118 Å². The fraction of sp³-hybridized carbons (Fsp3) is 0.500. The lowest BCUT2D eigenvalue weighted by molar-refractivity contribution is 0.0906. The summed E-state index contributed by atoms with van der Waals surface area (Å²) >= 11 is 2.08. The van der Waals surface area contributed by atoms with Crippen LogP contribution in [0.15, 0.2) is 18.2 Å². The predicted molar refractivity (Wildman–Crippen MR) is 77.3 cm³/mol. The molecule has 2 fully saturated rings. The molecular formula is C16H17NOS. The average Bonchev–Trinajstić information content (AvgIpc) is 2.76. The number of ketones is 1. The van der Waals surface area contributed by atoms with Gasteiger partial charge in [0.2, 0.25) is 0 Å². The number of Topliss-reactive ketones (excluding diaryl/α,β-unsaturated/α-hetero) is 1. The van der Waals surface area contributed by atoms with Gasteiger partial charge in [0.05, 0.1) is 11.6 Å². The second kappa shape index (κ2) is 5.02. The molecule has 0 aromatic heterocycles. The van der Waals surface area contributed by atoms with E-state index in [2.05, 4.69) is 17.8 Å². The van der Waals surface area contributed by atoms with Gasteiger partial charge in [-0.3, -0.25) is 4.79 Å². The molecule has 19 heavy (non-hydrogen) atoms. The second-order valence-corrected chi connectivity index (χ2v) is 7.24. The highest BCUT2D eigenvalue weighted by molar-refractivity contribution is 8.00. The summed E-state index contributed by atoms with van der Waals surface area (Å²) in [6.45, 7) is 1.93. The minimum absolute atomic E-state index is 0.199. The Morgan fingerprint density at radius 1 is 1.32 bits per heavy atom. The molecule has 0 spiro atoms. The summed E-state index contributed by atoms with van der Waals surface area (Å²) in [4.78, 5) is 12.6. The highest BCUT2D eigenvalue weighted by atomic mass is 32.2. The molecule has 3 rings (SSSR count). The van der Waals surface area contributed by atoms with E-state index in [0.29, 0.717) is 21.8 Å². The van der Waals surface area contributed by atoms with Crippen LogP contribution in [-0.2, 0) is 0 Å². The molecule has 1 aromatic carbocycles. The Morgan fingerprint density at radius 2 is 2.00 bits per heavy atom. The number of nitriles is 1. The van der Waals surface area contributed by atoms with Crippen molar-refractivity contribution in [1.82, 2.24) is 0 Å². The van der Waals surface area contributed by atoms with Crippen molar-refractivity contribution in [1.29, 1.82) is 5.26 Å². The normalized spacial score (nSPS) is 28.9. The van der Waals surface area contributed by atoms with Crippen LogP contribution in [0.5, 0.6) is 0 Å². The van der Waals surface area contributed by atoms with Crippen LogP contribution in [0, 0.1) is 24.2 Å². The minimum Gasteiger partial charge on any atom is -0.294 e. The summed E-state index contributed by atoms with van der Waals surface area (Å²) in [7, 11) is 0. The fourth-order valence-corrected chi connectivity index (χ4v) is 5.08. The van der Waals surface area contributed by atoms with E-state index in [-0.39, 0.29) is 5.92 Å². The van der Waals surface area contributed by atoms with Crippen LogP contribution in [-0.4, -0.2) is 16.3 Å². The maximum atomic E-state index is 12.6. The standard InChI is InChI=1S/C16H17NOS/c1-10-6-11(9-17)2-5-15(10)16(18)12-7-13-3-4-14(8-12)19-13/h2,5-6,12-14H,3-4,7-8H2,1H3. The van der Waals surface area contributed by atoms with Crippen molar-refractivity contribution in [3.63, 3.8) is 0 Å². The van der Waals surface area contributed by atoms with Crippen molar-refractivity contribution in [2.75, 3.05) is 0 Å². The van der Waals surface area contributed by atoms with Gasteiger partial charge in [-0.05, 0) is 56.4 Å². The maximum absolute atomic E-state index is 12.6. The Morgan fingerprint density at radius 3 is 2.58 bits per heavy atom. The van der Waals surface area contributed by atoms with Gasteiger partial charge in [-0.25, -0.2) is 0 Å². The zero-order chi connectivity index (χ0) is 13.4. The van der Waals surface area contributed by atoms with Crippen molar-refractivity contribution in [3.05, 3.63) is 34.9 Å². The van der Waals surface area contributed by atoms with Gasteiger partial charge in [0.15, 0.2) is 5.78 Å². The van der Waals surface area contributed by atoms with Crippen LogP contribution in [0.4, 0.5) is 0 Å². The summed E-state index contributed by atoms with van der Waals surface area (Å²) < 4.78 is 0. The van der Waals surface area contributed by atoms with Crippen LogP contribution >= 0.6 is 11.8 Å². The van der Waals surface area contributed by atoms with Crippen molar-refractivity contribution in [3.8, 4) is 6.07 Å². The smallest absolute Gasteiger partial charge is 0.166 e. The highest BCUT2D eigenvalue weighted by Crippen LogP contribution is 2.46. The molecule has 2 atom stereocenters. The fourth-order valence-electron chi connectivity index (χ4n) is 3.30. The van der Waals surface area contributed by atoms with Gasteiger partial charge >= 0.3 is 0 Å². The number of benzene rings is 1. The summed E-state index contributed by atoms with van der Waals surface area (Å²) in [6.07, 6.45) is 4.65. The van der Waals surface area contributed by atoms with Crippen molar-refractivity contribution in [2.24, 2.45) is 5.92 Å². The Balaban J connectivity index is 1.82. The third-order valence-corrected chi connectivity index (χ3v) is 5.91. The molecule has 1 aromatic rings. The van der Waals surface area contributed by atoms with Crippen LogP contribution in [0.1, 0.15) is 47.2 Å². The molecule has 2 aliphatic heterocycles. The van der Waals surface area contributed by atoms with Gasteiger partial charge in [0, 0.05) is 22.0 Å². The van der Waals surface area contributed by atoms with E-state index in [1.165, 1.54) is 12.8 Å². The third kappa shape index (κ3) is 2.42. The molecule has 2 aliphatic rings. The molecule has 2 bridgehead atoms. The van der Waals surface area contributed by atoms with Gasteiger partial charge < -0.3 is 0 Å². The molecule has 0 saturated carbocycles. The number of carbonyl (C=O) groups is 1. The SMILES string of the molecule is Cc1cc(C#N)ccc1C(=O)C1CC2CCC(C1)S2. The summed E-state index contributed by atoms with van der Waals surface area (Å²) in [5, 5.41) is 10.3. The van der Waals surface area contributed by atoms with Gasteiger partial charge in [0.25, 0.3) is 0 Å². The van der Waals surface area contributed by atoms with Crippen LogP contribution in [0.2, 0.25) is 0 Å². The minimum atomic E-state index is 0.199. The number of thioether (sulfide) groups is 1. The van der Waals surface area contributed by atoms with Crippen molar-refractivity contribution < 1.29 is 4.79 Å². The molecule has 98 valence electrons. The van der Waals surface area contributed by atoms with Gasteiger partial charge in [-0.1, -0.05) is 0 Å². The largest absolute Gasteiger partial charge is 0.294 e. The lowest BCUT2D eigenvalue weighted by atomic mass is 9.88. The summed E-state index contributed by atoms with van der Waals surface area (Å²) in [5.41, 5.74) is 2.39. The van der Waals surface area contributed by atoms with Crippen LogP contribution in [0.3, 0.4) is 0 Å². The van der Waals surface area contributed by atoms with Crippen LogP contribution in [0.25, 0.3) is 0 Å². The Hall–Kier alpha value is -1.27. The number of hydrogen-bond acceptors (Lipinski definition) is 3. The first-order valence-electron chi connectivity index (χ1n) is 6.88. The van der Waals surface area contributed by atoms with E-state index in [1.54, 1.807) is 6.07 Å². The van der Waals surface area contributed by atoms with E-state index in [0.717, 1.165) is 24.0 Å². The molecule has 2 unspecified atom stereocenters. The molecule has 2 heterocycles. The molecule has 0 N–H and O–H groups in total. The quantitative estimate of drug-likeness (QED) is 0.770.